The van der Waals surface area contributed by atoms with Crippen molar-refractivity contribution in [1.82, 2.24) is 9.80 Å². The van der Waals surface area contributed by atoms with Crippen LogP contribution in [0.3, 0.4) is 0 Å². The minimum Gasteiger partial charge on any atom is -0.508 e. The summed E-state index contributed by atoms with van der Waals surface area (Å²) in [7, 11) is 0. The van der Waals surface area contributed by atoms with Crippen molar-refractivity contribution in [2.45, 2.75) is 38.2 Å². The number of amides is 1. The number of hydrogen-bond acceptors (Lipinski definition) is 4. The molecular formula is C20H28N2O3. The van der Waals surface area contributed by atoms with Gasteiger partial charge in [-0.15, -0.1) is 0 Å². The lowest BCUT2D eigenvalue weighted by atomic mass is 9.76. The molecule has 0 radical (unpaired) electrons. The zero-order chi connectivity index (χ0) is 17.3. The monoisotopic (exact) mass is 344 g/mol. The summed E-state index contributed by atoms with van der Waals surface area (Å²) in [6.45, 7) is 5.99. The first-order valence-corrected chi connectivity index (χ1v) is 9.56. The number of ether oxygens (including phenoxy) is 1. The Morgan fingerprint density at radius 1 is 1.12 bits per heavy atom. The van der Waals surface area contributed by atoms with Gasteiger partial charge in [0, 0.05) is 25.2 Å². The SMILES string of the molecule is O=C(c1ccc(O)cc1)N1CCC2(CC1)COC(CN1CCCC1)C2. The molecule has 3 heterocycles. The second kappa shape index (κ2) is 6.96. The highest BCUT2D eigenvalue weighted by Crippen LogP contribution is 2.42. The normalized spacial score (nSPS) is 26.4. The maximum absolute atomic E-state index is 12.6. The van der Waals surface area contributed by atoms with Crippen molar-refractivity contribution in [3.8, 4) is 5.75 Å². The van der Waals surface area contributed by atoms with Crippen molar-refractivity contribution in [3.63, 3.8) is 0 Å². The number of phenolic OH excluding ortho intramolecular Hbond substituents is 1. The highest BCUT2D eigenvalue weighted by molar-refractivity contribution is 5.94. The lowest BCUT2D eigenvalue weighted by molar-refractivity contribution is 0.0460. The third-order valence-electron chi connectivity index (χ3n) is 6.17. The van der Waals surface area contributed by atoms with Crippen molar-refractivity contribution in [2.75, 3.05) is 39.3 Å². The average Bonchev–Trinajstić information content (AvgIpc) is 3.27. The van der Waals surface area contributed by atoms with E-state index in [0.717, 1.165) is 45.5 Å². The highest BCUT2D eigenvalue weighted by atomic mass is 16.5. The fraction of sp³-hybridized carbons (Fsp3) is 0.650. The fourth-order valence-corrected chi connectivity index (χ4v) is 4.59. The van der Waals surface area contributed by atoms with E-state index in [4.69, 9.17) is 4.74 Å². The summed E-state index contributed by atoms with van der Waals surface area (Å²) in [6.07, 6.45) is 6.24. The van der Waals surface area contributed by atoms with E-state index < -0.39 is 0 Å². The number of likely N-dealkylation sites (tertiary alicyclic amines) is 2. The Morgan fingerprint density at radius 2 is 1.80 bits per heavy atom. The van der Waals surface area contributed by atoms with Crippen LogP contribution in [0.4, 0.5) is 0 Å². The first-order valence-electron chi connectivity index (χ1n) is 9.56. The minimum absolute atomic E-state index is 0.0717. The molecular weight excluding hydrogens is 316 g/mol. The summed E-state index contributed by atoms with van der Waals surface area (Å²) >= 11 is 0. The maximum atomic E-state index is 12.6. The van der Waals surface area contributed by atoms with Crippen LogP contribution in [0.5, 0.6) is 5.75 Å². The van der Waals surface area contributed by atoms with Gasteiger partial charge in [0.05, 0.1) is 12.7 Å². The second-order valence-electron chi connectivity index (χ2n) is 7.98. The van der Waals surface area contributed by atoms with E-state index in [2.05, 4.69) is 4.90 Å². The van der Waals surface area contributed by atoms with Gasteiger partial charge in [0.1, 0.15) is 5.75 Å². The standard InChI is InChI=1S/C20H28N2O3/c23-17-5-3-16(4-6-17)19(24)22-11-7-20(8-12-22)13-18(25-15-20)14-21-9-1-2-10-21/h3-6,18,23H,1-2,7-15H2. The van der Waals surface area contributed by atoms with E-state index in [1.54, 1.807) is 24.3 Å². The quantitative estimate of drug-likeness (QED) is 0.915. The Labute approximate surface area is 149 Å². The van der Waals surface area contributed by atoms with Gasteiger partial charge >= 0.3 is 0 Å². The van der Waals surface area contributed by atoms with Crippen LogP contribution in [0.1, 0.15) is 42.5 Å². The van der Waals surface area contributed by atoms with Gasteiger partial charge in [-0.2, -0.15) is 0 Å². The number of carbonyl (C=O) groups excluding carboxylic acids is 1. The molecule has 1 atom stereocenters. The third kappa shape index (κ3) is 3.67. The number of phenols is 1. The molecule has 1 unspecified atom stereocenters. The molecule has 3 aliphatic rings. The van der Waals surface area contributed by atoms with Crippen LogP contribution < -0.4 is 0 Å². The molecule has 0 aliphatic carbocycles. The Hall–Kier alpha value is -1.59. The van der Waals surface area contributed by atoms with Crippen LogP contribution in [0.2, 0.25) is 0 Å². The number of aromatic hydroxyl groups is 1. The molecule has 3 aliphatic heterocycles. The van der Waals surface area contributed by atoms with Gasteiger partial charge in [0.15, 0.2) is 0 Å². The van der Waals surface area contributed by atoms with Gasteiger partial charge in [-0.3, -0.25) is 4.79 Å². The van der Waals surface area contributed by atoms with Crippen LogP contribution in [0, 0.1) is 5.41 Å². The van der Waals surface area contributed by atoms with Crippen molar-refractivity contribution in [3.05, 3.63) is 29.8 Å². The number of carbonyl (C=O) groups is 1. The first kappa shape index (κ1) is 16.9. The molecule has 0 saturated carbocycles. The van der Waals surface area contributed by atoms with Crippen molar-refractivity contribution in [2.24, 2.45) is 5.41 Å². The number of nitrogens with zero attached hydrogens (tertiary/aromatic N) is 2. The molecule has 1 N–H and O–H groups in total. The molecule has 136 valence electrons. The molecule has 1 aromatic rings. The van der Waals surface area contributed by atoms with Gasteiger partial charge < -0.3 is 19.6 Å². The summed E-state index contributed by atoms with van der Waals surface area (Å²) in [4.78, 5) is 17.1. The fourth-order valence-electron chi connectivity index (χ4n) is 4.59. The van der Waals surface area contributed by atoms with Crippen molar-refractivity contribution >= 4 is 5.91 Å². The van der Waals surface area contributed by atoms with Crippen LogP contribution in [0.15, 0.2) is 24.3 Å². The van der Waals surface area contributed by atoms with Gasteiger partial charge in [0.2, 0.25) is 0 Å². The number of hydrogen-bond donors (Lipinski definition) is 1. The topological polar surface area (TPSA) is 53.0 Å². The summed E-state index contributed by atoms with van der Waals surface area (Å²) in [6, 6.07) is 6.55. The molecule has 3 saturated heterocycles. The number of piperidine rings is 1. The summed E-state index contributed by atoms with van der Waals surface area (Å²) in [5, 5.41) is 9.37. The van der Waals surface area contributed by atoms with E-state index >= 15 is 0 Å². The van der Waals surface area contributed by atoms with Crippen molar-refractivity contribution in [1.29, 1.82) is 0 Å². The molecule has 1 amide bonds. The van der Waals surface area contributed by atoms with E-state index in [-0.39, 0.29) is 17.1 Å². The molecule has 4 rings (SSSR count). The Morgan fingerprint density at radius 3 is 2.48 bits per heavy atom. The average molecular weight is 344 g/mol. The third-order valence-corrected chi connectivity index (χ3v) is 6.17. The lowest BCUT2D eigenvalue weighted by Gasteiger charge is -2.38. The van der Waals surface area contributed by atoms with Crippen LogP contribution in [0.25, 0.3) is 0 Å². The van der Waals surface area contributed by atoms with E-state index in [9.17, 15) is 9.90 Å². The Kier molecular flexibility index (Phi) is 4.69. The van der Waals surface area contributed by atoms with Crippen LogP contribution in [-0.2, 0) is 4.74 Å². The van der Waals surface area contributed by atoms with Crippen molar-refractivity contribution < 1.29 is 14.6 Å². The smallest absolute Gasteiger partial charge is 0.253 e. The second-order valence-corrected chi connectivity index (χ2v) is 7.98. The molecule has 0 bridgehead atoms. The molecule has 1 spiro atoms. The molecule has 25 heavy (non-hydrogen) atoms. The minimum atomic E-state index is 0.0717. The van der Waals surface area contributed by atoms with Gasteiger partial charge in [-0.05, 0) is 74.9 Å². The number of rotatable bonds is 3. The zero-order valence-corrected chi connectivity index (χ0v) is 14.8. The predicted octanol–water partition coefficient (Wildman–Crippen LogP) is 2.50. The predicted molar refractivity (Wildman–Crippen MR) is 95.7 cm³/mol. The summed E-state index contributed by atoms with van der Waals surface area (Å²) in [5.41, 5.74) is 0.930. The summed E-state index contributed by atoms with van der Waals surface area (Å²) < 4.78 is 6.13. The van der Waals surface area contributed by atoms with E-state index in [1.807, 2.05) is 4.90 Å². The molecule has 0 aromatic heterocycles. The largest absolute Gasteiger partial charge is 0.508 e. The Bertz CT molecular complexity index is 602. The van der Waals surface area contributed by atoms with Crippen LogP contribution >= 0.6 is 0 Å². The lowest BCUT2D eigenvalue weighted by Crippen LogP contribution is -2.43. The number of benzene rings is 1. The summed E-state index contributed by atoms with van der Waals surface area (Å²) in [5.74, 6) is 0.267. The first-order chi connectivity index (χ1) is 12.1. The molecule has 3 fully saturated rings. The van der Waals surface area contributed by atoms with E-state index in [0.29, 0.717) is 11.7 Å². The van der Waals surface area contributed by atoms with E-state index in [1.165, 1.54) is 25.9 Å². The Balaban J connectivity index is 1.30. The molecule has 5 nitrogen and oxygen atoms in total. The van der Waals surface area contributed by atoms with Gasteiger partial charge in [-0.25, -0.2) is 0 Å². The van der Waals surface area contributed by atoms with Gasteiger partial charge in [0.25, 0.3) is 5.91 Å². The van der Waals surface area contributed by atoms with Crippen LogP contribution in [-0.4, -0.2) is 66.2 Å². The maximum Gasteiger partial charge on any atom is 0.253 e. The van der Waals surface area contributed by atoms with Gasteiger partial charge in [-0.1, -0.05) is 0 Å². The highest BCUT2D eigenvalue weighted by Gasteiger charge is 2.43. The molecule has 5 heteroatoms. The zero-order valence-electron chi connectivity index (χ0n) is 14.8. The molecule has 1 aromatic carbocycles.